The van der Waals surface area contributed by atoms with Crippen LogP contribution in [0.15, 0.2) is 22.7 Å². The molecule has 1 aromatic carbocycles. The van der Waals surface area contributed by atoms with Crippen LogP contribution in [0.25, 0.3) is 0 Å². The molecule has 0 amide bonds. The minimum Gasteiger partial charge on any atom is -0.369 e. The number of piperidine rings is 1. The van der Waals surface area contributed by atoms with Crippen LogP contribution in [-0.2, 0) is 10.0 Å². The molecule has 0 radical (unpaired) electrons. The lowest BCUT2D eigenvalue weighted by atomic mass is 10.0. The van der Waals surface area contributed by atoms with Crippen molar-refractivity contribution in [2.24, 2.45) is 0 Å². The third kappa shape index (κ3) is 3.32. The van der Waals surface area contributed by atoms with E-state index >= 15 is 0 Å². The number of nitrogens with zero attached hydrogens (tertiary/aromatic N) is 2. The van der Waals surface area contributed by atoms with E-state index in [1.807, 2.05) is 4.90 Å². The Balaban J connectivity index is 2.07. The minimum atomic E-state index is -3.17. The Labute approximate surface area is 127 Å². The van der Waals surface area contributed by atoms with E-state index in [-0.39, 0.29) is 11.9 Å². The lowest BCUT2D eigenvalue weighted by Gasteiger charge is -2.37. The summed E-state index contributed by atoms with van der Waals surface area (Å²) in [6, 6.07) is 5.22. The van der Waals surface area contributed by atoms with Gasteiger partial charge in [-0.05, 0) is 40.9 Å². The van der Waals surface area contributed by atoms with Crippen LogP contribution in [0.5, 0.6) is 0 Å². The average molecular weight is 365 g/mol. The number of anilines is 1. The van der Waals surface area contributed by atoms with Gasteiger partial charge in [-0.1, -0.05) is 6.07 Å². The summed E-state index contributed by atoms with van der Waals surface area (Å²) in [4.78, 5) is 1.96. The van der Waals surface area contributed by atoms with Gasteiger partial charge in [-0.15, -0.1) is 0 Å². The molecule has 0 aliphatic carbocycles. The molecular formula is C13H18BrFN2O2S. The van der Waals surface area contributed by atoms with E-state index in [9.17, 15) is 12.8 Å². The Bertz CT molecular complexity index is 586. The molecule has 1 aliphatic heterocycles. The Morgan fingerprint density at radius 2 is 1.95 bits per heavy atom. The SMILES string of the molecule is CN(C1CCN(c2cccc(Br)c2F)CC1)S(C)(=O)=O. The maximum atomic E-state index is 14.0. The van der Waals surface area contributed by atoms with Crippen LogP contribution in [0.1, 0.15) is 12.8 Å². The number of halogens is 2. The van der Waals surface area contributed by atoms with Gasteiger partial charge in [0.15, 0.2) is 5.82 Å². The average Bonchev–Trinajstić information content (AvgIpc) is 2.40. The molecule has 0 bridgehead atoms. The fraction of sp³-hybridized carbons (Fsp3) is 0.538. The van der Waals surface area contributed by atoms with E-state index in [0.717, 1.165) is 0 Å². The van der Waals surface area contributed by atoms with Crippen LogP contribution in [0.4, 0.5) is 10.1 Å². The monoisotopic (exact) mass is 364 g/mol. The van der Waals surface area contributed by atoms with Crippen LogP contribution in [0.2, 0.25) is 0 Å². The van der Waals surface area contributed by atoms with Crippen molar-refractivity contribution in [1.29, 1.82) is 0 Å². The third-order valence-corrected chi connectivity index (χ3v) is 5.73. The zero-order valence-electron chi connectivity index (χ0n) is 11.5. The highest BCUT2D eigenvalue weighted by molar-refractivity contribution is 9.10. The molecule has 0 aromatic heterocycles. The molecule has 1 aliphatic rings. The van der Waals surface area contributed by atoms with Crippen molar-refractivity contribution in [2.75, 3.05) is 31.3 Å². The summed E-state index contributed by atoms with van der Waals surface area (Å²) >= 11 is 3.18. The van der Waals surface area contributed by atoms with Crippen molar-refractivity contribution in [2.45, 2.75) is 18.9 Å². The molecule has 1 aromatic rings. The van der Waals surface area contributed by atoms with Gasteiger partial charge in [0.25, 0.3) is 0 Å². The van der Waals surface area contributed by atoms with E-state index < -0.39 is 10.0 Å². The molecule has 112 valence electrons. The number of benzene rings is 1. The second-order valence-electron chi connectivity index (χ2n) is 5.07. The molecule has 4 nitrogen and oxygen atoms in total. The van der Waals surface area contributed by atoms with Gasteiger partial charge >= 0.3 is 0 Å². The Kier molecular flexibility index (Phi) is 4.71. The molecule has 1 heterocycles. The standard InChI is InChI=1S/C13H18BrFN2O2S/c1-16(20(2,18)19)10-6-8-17(9-7-10)12-5-3-4-11(14)13(12)15/h3-5,10H,6-9H2,1-2H3. The van der Waals surface area contributed by atoms with Gasteiger partial charge in [0, 0.05) is 26.2 Å². The second-order valence-corrected chi connectivity index (χ2v) is 7.97. The summed E-state index contributed by atoms with van der Waals surface area (Å²) < 4.78 is 39.0. The summed E-state index contributed by atoms with van der Waals surface area (Å²) in [6.07, 6.45) is 2.62. The molecule has 1 fully saturated rings. The summed E-state index contributed by atoms with van der Waals surface area (Å²) in [5.41, 5.74) is 0.569. The van der Waals surface area contributed by atoms with E-state index in [0.29, 0.717) is 36.1 Å². The first-order valence-corrected chi connectivity index (χ1v) is 9.07. The Morgan fingerprint density at radius 1 is 1.35 bits per heavy atom. The smallest absolute Gasteiger partial charge is 0.211 e. The molecule has 20 heavy (non-hydrogen) atoms. The number of rotatable bonds is 3. The van der Waals surface area contributed by atoms with Crippen LogP contribution in [-0.4, -0.2) is 45.2 Å². The molecule has 2 rings (SSSR count). The first kappa shape index (κ1) is 15.7. The first-order chi connectivity index (χ1) is 9.30. The van der Waals surface area contributed by atoms with Crippen molar-refractivity contribution in [1.82, 2.24) is 4.31 Å². The van der Waals surface area contributed by atoms with E-state index in [1.54, 1.807) is 25.2 Å². The zero-order chi connectivity index (χ0) is 14.9. The predicted octanol–water partition coefficient (Wildman–Crippen LogP) is 2.45. The lowest BCUT2D eigenvalue weighted by molar-refractivity contribution is 0.313. The van der Waals surface area contributed by atoms with Gasteiger partial charge in [0.05, 0.1) is 16.4 Å². The van der Waals surface area contributed by atoms with Gasteiger partial charge in [-0.3, -0.25) is 0 Å². The highest BCUT2D eigenvalue weighted by Crippen LogP contribution is 2.29. The summed E-state index contributed by atoms with van der Waals surface area (Å²) in [5, 5.41) is 0. The highest BCUT2D eigenvalue weighted by Gasteiger charge is 2.28. The normalized spacial score (nSPS) is 17.8. The van der Waals surface area contributed by atoms with Crippen molar-refractivity contribution in [3.05, 3.63) is 28.5 Å². The minimum absolute atomic E-state index is 0.00327. The zero-order valence-corrected chi connectivity index (χ0v) is 13.9. The van der Waals surface area contributed by atoms with Crippen molar-refractivity contribution < 1.29 is 12.8 Å². The molecule has 0 unspecified atom stereocenters. The lowest BCUT2D eigenvalue weighted by Crippen LogP contribution is -2.45. The predicted molar refractivity (Wildman–Crippen MR) is 81.9 cm³/mol. The van der Waals surface area contributed by atoms with Gasteiger partial charge in [-0.25, -0.2) is 17.1 Å². The van der Waals surface area contributed by atoms with Crippen molar-refractivity contribution in [3.63, 3.8) is 0 Å². The quantitative estimate of drug-likeness (QED) is 0.826. The van der Waals surface area contributed by atoms with Crippen molar-refractivity contribution in [3.8, 4) is 0 Å². The maximum Gasteiger partial charge on any atom is 0.211 e. The van der Waals surface area contributed by atoms with Crippen molar-refractivity contribution >= 4 is 31.6 Å². The van der Waals surface area contributed by atoms with Gasteiger partial charge in [-0.2, -0.15) is 0 Å². The molecule has 0 saturated carbocycles. The van der Waals surface area contributed by atoms with Crippen LogP contribution < -0.4 is 4.90 Å². The van der Waals surface area contributed by atoms with Gasteiger partial charge in [0.1, 0.15) is 0 Å². The number of hydrogen-bond acceptors (Lipinski definition) is 3. The molecule has 0 N–H and O–H groups in total. The van der Waals surface area contributed by atoms with Crippen LogP contribution in [0, 0.1) is 5.82 Å². The molecule has 1 saturated heterocycles. The van der Waals surface area contributed by atoms with Gasteiger partial charge < -0.3 is 4.90 Å². The fourth-order valence-electron chi connectivity index (χ4n) is 2.48. The largest absolute Gasteiger partial charge is 0.369 e. The van der Waals surface area contributed by atoms with Crippen LogP contribution in [0.3, 0.4) is 0 Å². The molecule has 7 heteroatoms. The van der Waals surface area contributed by atoms with Gasteiger partial charge in [0.2, 0.25) is 10.0 Å². The Morgan fingerprint density at radius 3 is 2.50 bits per heavy atom. The fourth-order valence-corrected chi connectivity index (χ4v) is 3.59. The third-order valence-electron chi connectivity index (χ3n) is 3.77. The van der Waals surface area contributed by atoms with Crippen LogP contribution >= 0.6 is 15.9 Å². The van der Waals surface area contributed by atoms with E-state index in [2.05, 4.69) is 15.9 Å². The summed E-state index contributed by atoms with van der Waals surface area (Å²) in [6.45, 7) is 1.30. The Hall–Kier alpha value is -0.660. The number of hydrogen-bond donors (Lipinski definition) is 0. The highest BCUT2D eigenvalue weighted by atomic mass is 79.9. The van der Waals surface area contributed by atoms with E-state index in [4.69, 9.17) is 0 Å². The number of sulfonamides is 1. The summed E-state index contributed by atoms with van der Waals surface area (Å²) in [7, 11) is -1.56. The van der Waals surface area contributed by atoms with E-state index in [1.165, 1.54) is 10.6 Å². The molecule has 0 spiro atoms. The second kappa shape index (κ2) is 5.99. The molecule has 0 atom stereocenters. The summed E-state index contributed by atoms with van der Waals surface area (Å²) in [5.74, 6) is -0.262. The molecular weight excluding hydrogens is 347 g/mol. The maximum absolute atomic E-state index is 14.0. The first-order valence-electron chi connectivity index (χ1n) is 6.42. The topological polar surface area (TPSA) is 40.6 Å².